The number of thioether (sulfide) groups is 1. The SMILES string of the molecule is Cc1ccc(N2CCCC(Sc3ncn[nH]3)C2=O)cc1. The molecule has 1 unspecified atom stereocenters. The number of nitrogens with one attached hydrogen (secondary N) is 1. The molecule has 0 aliphatic carbocycles. The molecule has 0 spiro atoms. The minimum Gasteiger partial charge on any atom is -0.311 e. The summed E-state index contributed by atoms with van der Waals surface area (Å²) in [6.45, 7) is 2.83. The van der Waals surface area contributed by atoms with Crippen LogP contribution in [0.3, 0.4) is 0 Å². The highest BCUT2D eigenvalue weighted by Gasteiger charge is 2.31. The Balaban J connectivity index is 1.76. The van der Waals surface area contributed by atoms with Gasteiger partial charge in [0.15, 0.2) is 5.16 Å². The Kier molecular flexibility index (Phi) is 3.73. The highest BCUT2D eigenvalue weighted by Crippen LogP contribution is 2.30. The molecule has 1 saturated heterocycles. The van der Waals surface area contributed by atoms with E-state index in [1.165, 1.54) is 23.7 Å². The lowest BCUT2D eigenvalue weighted by molar-refractivity contribution is -0.119. The molecule has 1 atom stereocenters. The average Bonchev–Trinajstić information content (AvgIpc) is 2.95. The van der Waals surface area contributed by atoms with Crippen molar-refractivity contribution in [3.8, 4) is 0 Å². The number of amides is 1. The molecule has 20 heavy (non-hydrogen) atoms. The Labute approximate surface area is 121 Å². The number of hydrogen-bond donors (Lipinski definition) is 1. The third-order valence-corrected chi connectivity index (χ3v) is 4.52. The molecule has 6 heteroatoms. The number of aryl methyl sites for hydroxylation is 1. The second-order valence-electron chi connectivity index (χ2n) is 4.86. The van der Waals surface area contributed by atoms with E-state index >= 15 is 0 Å². The molecular weight excluding hydrogens is 272 g/mol. The maximum Gasteiger partial charge on any atom is 0.240 e. The molecule has 0 saturated carbocycles. The van der Waals surface area contributed by atoms with Crippen LogP contribution in [0.1, 0.15) is 18.4 Å². The number of anilines is 1. The van der Waals surface area contributed by atoms with E-state index in [1.807, 2.05) is 36.1 Å². The van der Waals surface area contributed by atoms with Crippen LogP contribution in [0.15, 0.2) is 35.7 Å². The molecule has 1 N–H and O–H groups in total. The molecule has 1 fully saturated rings. The van der Waals surface area contributed by atoms with Gasteiger partial charge < -0.3 is 4.90 Å². The Morgan fingerprint density at radius 1 is 1.35 bits per heavy atom. The Morgan fingerprint density at radius 3 is 2.85 bits per heavy atom. The minimum atomic E-state index is -0.0852. The molecule has 0 bridgehead atoms. The van der Waals surface area contributed by atoms with Crippen molar-refractivity contribution in [1.82, 2.24) is 15.2 Å². The van der Waals surface area contributed by atoms with Gasteiger partial charge in [0.1, 0.15) is 6.33 Å². The summed E-state index contributed by atoms with van der Waals surface area (Å²) in [5.74, 6) is 0.154. The summed E-state index contributed by atoms with van der Waals surface area (Å²) >= 11 is 1.46. The fourth-order valence-corrected chi connectivity index (χ4v) is 3.31. The van der Waals surface area contributed by atoms with Crippen LogP contribution in [0.25, 0.3) is 0 Å². The van der Waals surface area contributed by atoms with E-state index in [0.717, 1.165) is 25.1 Å². The van der Waals surface area contributed by atoms with Gasteiger partial charge in [-0.15, -0.1) is 0 Å². The summed E-state index contributed by atoms with van der Waals surface area (Å²) in [4.78, 5) is 18.5. The van der Waals surface area contributed by atoms with Crippen LogP contribution in [0, 0.1) is 6.92 Å². The lowest BCUT2D eigenvalue weighted by Gasteiger charge is -2.31. The lowest BCUT2D eigenvalue weighted by atomic mass is 10.1. The van der Waals surface area contributed by atoms with Gasteiger partial charge in [-0.05, 0) is 31.9 Å². The van der Waals surface area contributed by atoms with Crippen molar-refractivity contribution in [3.05, 3.63) is 36.2 Å². The molecule has 2 heterocycles. The fraction of sp³-hybridized carbons (Fsp3) is 0.357. The van der Waals surface area contributed by atoms with Crippen molar-refractivity contribution in [2.24, 2.45) is 0 Å². The minimum absolute atomic E-state index is 0.0852. The van der Waals surface area contributed by atoms with E-state index in [9.17, 15) is 4.79 Å². The van der Waals surface area contributed by atoms with E-state index in [2.05, 4.69) is 15.2 Å². The van der Waals surface area contributed by atoms with Gasteiger partial charge >= 0.3 is 0 Å². The van der Waals surface area contributed by atoms with Crippen LogP contribution < -0.4 is 4.90 Å². The third kappa shape index (κ3) is 2.70. The van der Waals surface area contributed by atoms with E-state index in [4.69, 9.17) is 0 Å². The van der Waals surface area contributed by atoms with Crippen molar-refractivity contribution >= 4 is 23.4 Å². The van der Waals surface area contributed by atoms with Crippen LogP contribution in [-0.2, 0) is 4.79 Å². The second kappa shape index (κ2) is 5.66. The maximum atomic E-state index is 12.6. The largest absolute Gasteiger partial charge is 0.311 e. The van der Waals surface area contributed by atoms with Crippen molar-refractivity contribution in [3.63, 3.8) is 0 Å². The average molecular weight is 288 g/mol. The molecule has 1 aliphatic heterocycles. The van der Waals surface area contributed by atoms with E-state index < -0.39 is 0 Å². The summed E-state index contributed by atoms with van der Waals surface area (Å²) in [7, 11) is 0. The Hall–Kier alpha value is -1.82. The summed E-state index contributed by atoms with van der Waals surface area (Å²) in [5, 5.41) is 7.23. The molecule has 0 radical (unpaired) electrons. The monoisotopic (exact) mass is 288 g/mol. The van der Waals surface area contributed by atoms with Crippen LogP contribution in [0.2, 0.25) is 0 Å². The zero-order chi connectivity index (χ0) is 13.9. The first-order valence-corrected chi connectivity index (χ1v) is 7.52. The first-order chi connectivity index (χ1) is 9.74. The van der Waals surface area contributed by atoms with Gasteiger partial charge in [-0.25, -0.2) is 4.98 Å². The van der Waals surface area contributed by atoms with Gasteiger partial charge in [-0.1, -0.05) is 29.5 Å². The third-order valence-electron chi connectivity index (χ3n) is 3.38. The summed E-state index contributed by atoms with van der Waals surface area (Å²) in [5.41, 5.74) is 2.18. The van der Waals surface area contributed by atoms with Gasteiger partial charge in [0, 0.05) is 12.2 Å². The quantitative estimate of drug-likeness (QED) is 0.942. The number of benzene rings is 1. The molecule has 1 aromatic heterocycles. The number of hydrogen-bond acceptors (Lipinski definition) is 4. The first-order valence-electron chi connectivity index (χ1n) is 6.64. The predicted molar refractivity (Wildman–Crippen MR) is 78.8 cm³/mol. The molecule has 104 valence electrons. The normalized spacial score (nSPS) is 19.4. The zero-order valence-electron chi connectivity index (χ0n) is 11.2. The number of H-pyrrole nitrogens is 1. The fourth-order valence-electron chi connectivity index (χ4n) is 2.32. The number of aromatic amines is 1. The smallest absolute Gasteiger partial charge is 0.240 e. The Morgan fingerprint density at radius 2 is 2.15 bits per heavy atom. The predicted octanol–water partition coefficient (Wildman–Crippen LogP) is 2.40. The number of carbonyl (C=O) groups is 1. The number of rotatable bonds is 3. The summed E-state index contributed by atoms with van der Waals surface area (Å²) < 4.78 is 0. The molecule has 1 aromatic carbocycles. The topological polar surface area (TPSA) is 61.9 Å². The molecule has 5 nitrogen and oxygen atoms in total. The molecule has 2 aromatic rings. The van der Waals surface area contributed by atoms with Gasteiger partial charge in [0.05, 0.1) is 5.25 Å². The standard InChI is InChI=1S/C14H16N4OS/c1-10-4-6-11(7-5-10)18-8-2-3-12(13(18)19)20-14-15-9-16-17-14/h4-7,9,12H,2-3,8H2,1H3,(H,15,16,17). The summed E-state index contributed by atoms with van der Waals surface area (Å²) in [6.07, 6.45) is 3.35. The second-order valence-corrected chi connectivity index (χ2v) is 6.06. The van der Waals surface area contributed by atoms with Gasteiger partial charge in [0.2, 0.25) is 5.91 Å². The first kappa shape index (κ1) is 13.2. The van der Waals surface area contributed by atoms with E-state index in [1.54, 1.807) is 0 Å². The molecule has 1 amide bonds. The van der Waals surface area contributed by atoms with E-state index in [0.29, 0.717) is 5.16 Å². The van der Waals surface area contributed by atoms with E-state index in [-0.39, 0.29) is 11.2 Å². The van der Waals surface area contributed by atoms with Crippen molar-refractivity contribution in [2.75, 3.05) is 11.4 Å². The van der Waals surface area contributed by atoms with Gasteiger partial charge in [0.25, 0.3) is 0 Å². The Bertz CT molecular complexity index is 582. The van der Waals surface area contributed by atoms with Gasteiger partial charge in [-0.3, -0.25) is 9.89 Å². The number of aromatic nitrogens is 3. The lowest BCUT2D eigenvalue weighted by Crippen LogP contribution is -2.43. The molecule has 3 rings (SSSR count). The van der Waals surface area contributed by atoms with Gasteiger partial charge in [-0.2, -0.15) is 5.10 Å². The van der Waals surface area contributed by atoms with Crippen LogP contribution in [0.4, 0.5) is 5.69 Å². The number of piperidine rings is 1. The van der Waals surface area contributed by atoms with Crippen molar-refractivity contribution in [2.45, 2.75) is 30.2 Å². The molecule has 1 aliphatic rings. The molecular formula is C14H16N4OS. The van der Waals surface area contributed by atoms with Crippen LogP contribution >= 0.6 is 11.8 Å². The number of nitrogens with zero attached hydrogens (tertiary/aromatic N) is 3. The highest BCUT2D eigenvalue weighted by molar-refractivity contribution is 8.00. The maximum absolute atomic E-state index is 12.6. The number of carbonyl (C=O) groups excluding carboxylic acids is 1. The van der Waals surface area contributed by atoms with Crippen molar-refractivity contribution < 1.29 is 4.79 Å². The van der Waals surface area contributed by atoms with Crippen LogP contribution in [-0.4, -0.2) is 32.9 Å². The van der Waals surface area contributed by atoms with Crippen LogP contribution in [0.5, 0.6) is 0 Å². The van der Waals surface area contributed by atoms with Crippen molar-refractivity contribution in [1.29, 1.82) is 0 Å². The summed E-state index contributed by atoms with van der Waals surface area (Å²) in [6, 6.07) is 8.09. The zero-order valence-corrected chi connectivity index (χ0v) is 12.1. The highest BCUT2D eigenvalue weighted by atomic mass is 32.2.